The molecule has 6 aromatic rings. The minimum atomic E-state index is -0.277. The average Bonchev–Trinajstić information content (AvgIpc) is 3.47. The van der Waals surface area contributed by atoms with Crippen LogP contribution in [0.25, 0.3) is 44.1 Å². The normalized spacial score (nSPS) is 14.5. The van der Waals surface area contributed by atoms with Crippen molar-refractivity contribution in [3.63, 3.8) is 0 Å². The topological polar surface area (TPSA) is 15.8 Å². The molecular weight excluding hydrogens is 398 g/mol. The van der Waals surface area contributed by atoms with E-state index in [0.717, 1.165) is 0 Å². The van der Waals surface area contributed by atoms with Gasteiger partial charge in [-0.15, -0.1) is 0 Å². The van der Waals surface area contributed by atoms with Crippen molar-refractivity contribution in [2.24, 2.45) is 0 Å². The predicted molar refractivity (Wildman–Crippen MR) is 137 cm³/mol. The Labute approximate surface area is 192 Å². The number of benzene rings is 5. The van der Waals surface area contributed by atoms with Gasteiger partial charge in [-0.1, -0.05) is 96.6 Å². The summed E-state index contributed by atoms with van der Waals surface area (Å²) in [5.41, 5.74) is 14.4. The van der Waals surface area contributed by atoms with Crippen LogP contribution in [0.2, 0.25) is 0 Å². The lowest BCUT2D eigenvalue weighted by Gasteiger charge is -2.30. The van der Waals surface area contributed by atoms with E-state index in [1.165, 1.54) is 71.9 Å². The lowest BCUT2D eigenvalue weighted by atomic mass is 9.70. The van der Waals surface area contributed by atoms with Crippen LogP contribution >= 0.6 is 0 Å². The van der Waals surface area contributed by atoms with Crippen LogP contribution in [0.15, 0.2) is 103 Å². The summed E-state index contributed by atoms with van der Waals surface area (Å²) in [7, 11) is 0. The van der Waals surface area contributed by atoms with Crippen LogP contribution in [0.3, 0.4) is 0 Å². The maximum Gasteiger partial charge on any atom is 0.0726 e. The fourth-order valence-corrected chi connectivity index (χ4v) is 6.66. The molecule has 1 heterocycles. The molecule has 0 aliphatic heterocycles. The van der Waals surface area contributed by atoms with Crippen molar-refractivity contribution in [2.45, 2.75) is 12.3 Å². The molecule has 0 saturated heterocycles. The lowest BCUT2D eigenvalue weighted by Crippen LogP contribution is -2.25. The zero-order valence-corrected chi connectivity index (χ0v) is 18.3. The van der Waals surface area contributed by atoms with Crippen LogP contribution in [0.1, 0.15) is 27.8 Å². The number of hydrogen-bond acceptors (Lipinski definition) is 0. The SMILES string of the molecule is Cc1ccc2[nH]c3c4c(ccc3c2c1)C1(c2ccccc2-c2ccccc21)c1ccccc1-4. The molecule has 0 unspecified atom stereocenters. The number of aromatic amines is 1. The first-order chi connectivity index (χ1) is 16.3. The van der Waals surface area contributed by atoms with Gasteiger partial charge in [0, 0.05) is 21.9 Å². The Morgan fingerprint density at radius 3 is 1.85 bits per heavy atom. The number of rotatable bonds is 0. The minimum Gasteiger partial charge on any atom is -0.354 e. The smallest absolute Gasteiger partial charge is 0.0726 e. The zero-order valence-electron chi connectivity index (χ0n) is 18.3. The van der Waals surface area contributed by atoms with Gasteiger partial charge in [0.2, 0.25) is 0 Å². The lowest BCUT2D eigenvalue weighted by molar-refractivity contribution is 0.794. The van der Waals surface area contributed by atoms with Gasteiger partial charge >= 0.3 is 0 Å². The van der Waals surface area contributed by atoms with Crippen LogP contribution in [-0.4, -0.2) is 4.98 Å². The number of nitrogens with one attached hydrogen (secondary N) is 1. The van der Waals surface area contributed by atoms with Gasteiger partial charge in [-0.05, 0) is 58.0 Å². The van der Waals surface area contributed by atoms with Crippen molar-refractivity contribution in [1.82, 2.24) is 4.98 Å². The molecule has 5 aromatic carbocycles. The molecule has 2 aliphatic rings. The molecule has 2 aliphatic carbocycles. The standard InChI is InChI=1S/C32H21N/c1-19-14-17-29-24(18-19)22-15-16-28-30(31(22)33-29)23-10-4-7-13-27(23)32(28)25-11-5-2-8-20(25)21-9-3-6-12-26(21)32/h2-18,33H,1H3. The first-order valence-corrected chi connectivity index (χ1v) is 11.6. The molecule has 0 amide bonds. The highest BCUT2D eigenvalue weighted by molar-refractivity contribution is 6.15. The van der Waals surface area contributed by atoms with Crippen LogP contribution in [0.4, 0.5) is 0 Å². The van der Waals surface area contributed by atoms with Gasteiger partial charge in [-0.3, -0.25) is 0 Å². The largest absolute Gasteiger partial charge is 0.354 e. The summed E-state index contributed by atoms with van der Waals surface area (Å²) in [4.78, 5) is 3.80. The quantitative estimate of drug-likeness (QED) is 0.256. The van der Waals surface area contributed by atoms with Gasteiger partial charge in [0.25, 0.3) is 0 Å². The summed E-state index contributed by atoms with van der Waals surface area (Å²) < 4.78 is 0. The van der Waals surface area contributed by atoms with E-state index < -0.39 is 0 Å². The second kappa shape index (κ2) is 5.82. The summed E-state index contributed by atoms with van der Waals surface area (Å²) in [6.45, 7) is 2.17. The molecular formula is C32H21N. The van der Waals surface area contributed by atoms with E-state index in [4.69, 9.17) is 0 Å². The molecule has 0 fully saturated rings. The van der Waals surface area contributed by atoms with Crippen molar-refractivity contribution >= 4 is 21.8 Å². The highest BCUT2D eigenvalue weighted by Gasteiger charge is 2.51. The zero-order chi connectivity index (χ0) is 21.7. The van der Waals surface area contributed by atoms with Crippen molar-refractivity contribution in [2.75, 3.05) is 0 Å². The van der Waals surface area contributed by atoms with E-state index in [1.807, 2.05) is 0 Å². The molecule has 1 spiro atoms. The van der Waals surface area contributed by atoms with Gasteiger partial charge in [-0.25, -0.2) is 0 Å². The van der Waals surface area contributed by atoms with Crippen LogP contribution in [-0.2, 0) is 5.41 Å². The first kappa shape index (κ1) is 17.5. The molecule has 154 valence electrons. The molecule has 0 radical (unpaired) electrons. The Bertz CT molecular complexity index is 1740. The molecule has 0 bridgehead atoms. The molecule has 1 nitrogen and oxygen atoms in total. The maximum atomic E-state index is 3.80. The Morgan fingerprint density at radius 1 is 0.545 bits per heavy atom. The fraction of sp³-hybridized carbons (Fsp3) is 0.0625. The Morgan fingerprint density at radius 2 is 1.15 bits per heavy atom. The second-order valence-electron chi connectivity index (χ2n) is 9.47. The number of aryl methyl sites for hydroxylation is 1. The molecule has 0 saturated carbocycles. The van der Waals surface area contributed by atoms with E-state index in [-0.39, 0.29) is 5.41 Å². The molecule has 1 N–H and O–H groups in total. The maximum absolute atomic E-state index is 3.80. The Hall–Kier alpha value is -4.10. The number of aromatic nitrogens is 1. The van der Waals surface area contributed by atoms with E-state index in [1.54, 1.807) is 0 Å². The first-order valence-electron chi connectivity index (χ1n) is 11.6. The molecule has 1 heteroatoms. The van der Waals surface area contributed by atoms with Crippen molar-refractivity contribution in [1.29, 1.82) is 0 Å². The molecule has 33 heavy (non-hydrogen) atoms. The predicted octanol–water partition coefficient (Wildman–Crippen LogP) is 7.97. The fourth-order valence-electron chi connectivity index (χ4n) is 6.66. The van der Waals surface area contributed by atoms with Crippen molar-refractivity contribution < 1.29 is 0 Å². The Balaban J connectivity index is 1.61. The van der Waals surface area contributed by atoms with Gasteiger partial charge in [0.15, 0.2) is 0 Å². The van der Waals surface area contributed by atoms with E-state index in [0.29, 0.717) is 0 Å². The number of fused-ring (bicyclic) bond motifs is 14. The summed E-state index contributed by atoms with van der Waals surface area (Å²) in [5.74, 6) is 0. The average molecular weight is 420 g/mol. The third kappa shape index (κ3) is 1.91. The molecule has 1 aromatic heterocycles. The number of hydrogen-bond donors (Lipinski definition) is 1. The van der Waals surface area contributed by atoms with Gasteiger partial charge < -0.3 is 4.98 Å². The number of H-pyrrole nitrogens is 1. The van der Waals surface area contributed by atoms with Gasteiger partial charge in [0.1, 0.15) is 0 Å². The monoisotopic (exact) mass is 419 g/mol. The van der Waals surface area contributed by atoms with E-state index in [2.05, 4.69) is 115 Å². The second-order valence-corrected chi connectivity index (χ2v) is 9.47. The highest BCUT2D eigenvalue weighted by Crippen LogP contribution is 2.63. The van der Waals surface area contributed by atoms with Crippen LogP contribution in [0.5, 0.6) is 0 Å². The summed E-state index contributed by atoms with van der Waals surface area (Å²) in [5, 5.41) is 2.61. The minimum absolute atomic E-state index is 0.277. The molecule has 8 rings (SSSR count). The van der Waals surface area contributed by atoms with Gasteiger partial charge in [0.05, 0.1) is 10.9 Å². The van der Waals surface area contributed by atoms with E-state index >= 15 is 0 Å². The van der Waals surface area contributed by atoms with Crippen molar-refractivity contribution in [3.8, 4) is 22.3 Å². The summed E-state index contributed by atoms with van der Waals surface area (Å²) in [6.07, 6.45) is 0. The Kier molecular flexibility index (Phi) is 3.08. The summed E-state index contributed by atoms with van der Waals surface area (Å²) >= 11 is 0. The molecule has 0 atom stereocenters. The third-order valence-electron chi connectivity index (χ3n) is 7.89. The highest BCUT2D eigenvalue weighted by atomic mass is 14.7. The van der Waals surface area contributed by atoms with Crippen LogP contribution in [0, 0.1) is 6.92 Å². The third-order valence-corrected chi connectivity index (χ3v) is 7.89. The summed E-state index contributed by atoms with van der Waals surface area (Å²) in [6, 6.07) is 38.4. The van der Waals surface area contributed by atoms with Crippen molar-refractivity contribution in [3.05, 3.63) is 131 Å². The van der Waals surface area contributed by atoms with Crippen LogP contribution < -0.4 is 0 Å². The van der Waals surface area contributed by atoms with E-state index in [9.17, 15) is 0 Å². The van der Waals surface area contributed by atoms with Gasteiger partial charge in [-0.2, -0.15) is 0 Å².